The predicted molar refractivity (Wildman–Crippen MR) is 118 cm³/mol. The Morgan fingerprint density at radius 2 is 1.67 bits per heavy atom. The minimum absolute atomic E-state index is 0.117. The van der Waals surface area contributed by atoms with Crippen LogP contribution in [0.2, 0.25) is 0 Å². The van der Waals surface area contributed by atoms with E-state index in [4.69, 9.17) is 0 Å². The van der Waals surface area contributed by atoms with Gasteiger partial charge in [-0.25, -0.2) is 0 Å². The highest BCUT2D eigenvalue weighted by Crippen LogP contribution is 2.33. The van der Waals surface area contributed by atoms with Crippen molar-refractivity contribution in [3.63, 3.8) is 0 Å². The molecule has 4 rings (SSSR count). The summed E-state index contributed by atoms with van der Waals surface area (Å²) in [7, 11) is 0. The van der Waals surface area contributed by atoms with Crippen molar-refractivity contribution in [2.45, 2.75) is 25.9 Å². The van der Waals surface area contributed by atoms with Crippen LogP contribution in [0, 0.1) is 6.92 Å². The minimum atomic E-state index is -0.557. The molecule has 0 bridgehead atoms. The zero-order valence-corrected chi connectivity index (χ0v) is 16.8. The van der Waals surface area contributed by atoms with E-state index in [-0.39, 0.29) is 11.8 Å². The molecule has 0 saturated carbocycles. The van der Waals surface area contributed by atoms with Gasteiger partial charge in [-0.2, -0.15) is 0 Å². The molecule has 2 amide bonds. The predicted octanol–water partition coefficient (Wildman–Crippen LogP) is 4.72. The molecule has 0 aliphatic carbocycles. The van der Waals surface area contributed by atoms with Gasteiger partial charge in [0.05, 0.1) is 6.10 Å². The number of amides is 2. The molecule has 0 spiro atoms. The highest BCUT2D eigenvalue weighted by Gasteiger charge is 2.25. The van der Waals surface area contributed by atoms with Crippen molar-refractivity contribution in [3.05, 3.63) is 95.1 Å². The summed E-state index contributed by atoms with van der Waals surface area (Å²) >= 11 is 0. The maximum absolute atomic E-state index is 13.2. The minimum Gasteiger partial charge on any atom is -0.388 e. The van der Waals surface area contributed by atoms with Crippen molar-refractivity contribution in [1.82, 2.24) is 0 Å². The van der Waals surface area contributed by atoms with E-state index in [0.717, 1.165) is 23.2 Å². The fraction of sp³-hybridized carbons (Fsp3) is 0.200. The molecular formula is C25H24N2O3. The summed E-state index contributed by atoms with van der Waals surface area (Å²) in [6, 6.07) is 21.8. The largest absolute Gasteiger partial charge is 0.388 e. The summed E-state index contributed by atoms with van der Waals surface area (Å²) in [5.74, 6) is -0.295. The summed E-state index contributed by atoms with van der Waals surface area (Å²) in [6.45, 7) is 2.45. The van der Waals surface area contributed by atoms with Crippen molar-refractivity contribution in [3.8, 4) is 0 Å². The van der Waals surface area contributed by atoms with Crippen LogP contribution in [0.5, 0.6) is 0 Å². The monoisotopic (exact) mass is 400 g/mol. The quantitative estimate of drug-likeness (QED) is 0.668. The van der Waals surface area contributed by atoms with Gasteiger partial charge in [-0.15, -0.1) is 0 Å². The topological polar surface area (TPSA) is 69.6 Å². The van der Waals surface area contributed by atoms with Gasteiger partial charge in [-0.05, 0) is 61.7 Å². The number of para-hydroxylation sites is 1. The smallest absolute Gasteiger partial charge is 0.258 e. The Balaban J connectivity index is 1.53. The van der Waals surface area contributed by atoms with E-state index in [2.05, 4.69) is 5.32 Å². The number of benzene rings is 3. The first-order valence-electron chi connectivity index (χ1n) is 10.1. The van der Waals surface area contributed by atoms with Gasteiger partial charge in [-0.3, -0.25) is 9.59 Å². The van der Waals surface area contributed by atoms with Gasteiger partial charge in [0.2, 0.25) is 0 Å². The van der Waals surface area contributed by atoms with Crippen LogP contribution in [-0.4, -0.2) is 23.5 Å². The number of aryl methyl sites for hydroxylation is 1. The molecule has 0 radical (unpaired) electrons. The Bertz CT molecular complexity index is 1080. The molecule has 3 aromatic rings. The number of hydrogen-bond donors (Lipinski definition) is 2. The van der Waals surface area contributed by atoms with Crippen LogP contribution in [0.3, 0.4) is 0 Å². The Kier molecular flexibility index (Phi) is 5.63. The van der Waals surface area contributed by atoms with Crippen LogP contribution >= 0.6 is 0 Å². The molecule has 1 heterocycles. The van der Waals surface area contributed by atoms with Gasteiger partial charge in [0.1, 0.15) is 0 Å². The maximum atomic E-state index is 13.2. The van der Waals surface area contributed by atoms with Gasteiger partial charge in [-0.1, -0.05) is 36.4 Å². The van der Waals surface area contributed by atoms with Crippen LogP contribution in [0.4, 0.5) is 11.4 Å². The van der Waals surface area contributed by atoms with Crippen molar-refractivity contribution in [2.75, 3.05) is 16.8 Å². The lowest BCUT2D eigenvalue weighted by molar-refractivity contribution is 0.0985. The maximum Gasteiger partial charge on any atom is 0.258 e. The Morgan fingerprint density at radius 1 is 0.967 bits per heavy atom. The molecule has 1 unspecified atom stereocenters. The number of anilines is 2. The average molecular weight is 400 g/mol. The third kappa shape index (κ3) is 3.98. The number of hydrogen-bond acceptors (Lipinski definition) is 3. The molecule has 0 saturated heterocycles. The summed E-state index contributed by atoms with van der Waals surface area (Å²) in [5.41, 5.74) is 4.23. The van der Waals surface area contributed by atoms with Crippen molar-refractivity contribution in [1.29, 1.82) is 0 Å². The van der Waals surface area contributed by atoms with Crippen LogP contribution in [0.25, 0.3) is 0 Å². The number of fused-ring (bicyclic) bond motifs is 1. The van der Waals surface area contributed by atoms with E-state index in [1.54, 1.807) is 35.2 Å². The zero-order valence-electron chi connectivity index (χ0n) is 16.8. The fourth-order valence-corrected chi connectivity index (χ4v) is 3.82. The van der Waals surface area contributed by atoms with Crippen molar-refractivity contribution >= 4 is 23.2 Å². The van der Waals surface area contributed by atoms with E-state index in [0.29, 0.717) is 29.8 Å². The Morgan fingerprint density at radius 3 is 2.43 bits per heavy atom. The van der Waals surface area contributed by atoms with E-state index in [1.165, 1.54) is 0 Å². The number of rotatable bonds is 3. The van der Waals surface area contributed by atoms with Gasteiger partial charge in [0, 0.05) is 34.6 Å². The summed E-state index contributed by atoms with van der Waals surface area (Å²) in [6.07, 6.45) is 0.801. The van der Waals surface area contributed by atoms with E-state index in [1.807, 2.05) is 49.4 Å². The van der Waals surface area contributed by atoms with Crippen LogP contribution in [0.1, 0.15) is 50.8 Å². The van der Waals surface area contributed by atoms with Gasteiger partial charge in [0.15, 0.2) is 0 Å². The molecule has 30 heavy (non-hydrogen) atoms. The van der Waals surface area contributed by atoms with E-state index in [9.17, 15) is 14.7 Å². The van der Waals surface area contributed by atoms with Gasteiger partial charge in [0.25, 0.3) is 11.8 Å². The Labute approximate surface area is 176 Å². The van der Waals surface area contributed by atoms with Crippen LogP contribution in [0.15, 0.2) is 72.8 Å². The first-order chi connectivity index (χ1) is 14.5. The first-order valence-corrected chi connectivity index (χ1v) is 10.1. The molecule has 0 fully saturated rings. The third-order valence-electron chi connectivity index (χ3n) is 5.47. The number of nitrogens with one attached hydrogen (secondary N) is 1. The molecule has 152 valence electrons. The van der Waals surface area contributed by atoms with Crippen LogP contribution in [-0.2, 0) is 0 Å². The SMILES string of the molecule is Cc1ccccc1C(=O)Nc1ccc(C(=O)N2CCCC(O)c3ccccc32)cc1. The molecule has 5 heteroatoms. The standard InChI is InChI=1S/C25H24N2O3/c1-17-7-2-3-8-20(17)24(29)26-19-14-12-18(13-15-19)25(30)27-16-6-11-23(28)21-9-4-5-10-22(21)27/h2-5,7-10,12-15,23,28H,6,11,16H2,1H3,(H,26,29). The fourth-order valence-electron chi connectivity index (χ4n) is 3.82. The normalized spacial score (nSPS) is 15.8. The second-order valence-corrected chi connectivity index (χ2v) is 7.52. The molecule has 1 aliphatic rings. The molecule has 0 aromatic heterocycles. The average Bonchev–Trinajstić information content (AvgIpc) is 2.93. The highest BCUT2D eigenvalue weighted by atomic mass is 16.3. The summed E-state index contributed by atoms with van der Waals surface area (Å²) < 4.78 is 0. The van der Waals surface area contributed by atoms with Gasteiger partial charge < -0.3 is 15.3 Å². The molecule has 1 atom stereocenters. The lowest BCUT2D eigenvalue weighted by Gasteiger charge is -2.23. The first kappa shape index (κ1) is 19.9. The summed E-state index contributed by atoms with van der Waals surface area (Å²) in [5, 5.41) is 13.2. The second kappa shape index (κ2) is 8.51. The van der Waals surface area contributed by atoms with Gasteiger partial charge >= 0.3 is 0 Å². The number of carbonyl (C=O) groups excluding carboxylic acids is 2. The van der Waals surface area contributed by atoms with E-state index < -0.39 is 6.10 Å². The molecule has 5 nitrogen and oxygen atoms in total. The number of aliphatic hydroxyl groups excluding tert-OH is 1. The number of carbonyl (C=O) groups is 2. The summed E-state index contributed by atoms with van der Waals surface area (Å²) in [4.78, 5) is 27.4. The molecular weight excluding hydrogens is 376 g/mol. The third-order valence-corrected chi connectivity index (χ3v) is 5.47. The number of aliphatic hydroxyl groups is 1. The molecule has 3 aromatic carbocycles. The zero-order chi connectivity index (χ0) is 21.1. The highest BCUT2D eigenvalue weighted by molar-refractivity contribution is 6.08. The van der Waals surface area contributed by atoms with Crippen molar-refractivity contribution in [2.24, 2.45) is 0 Å². The lowest BCUT2D eigenvalue weighted by Crippen LogP contribution is -2.31. The molecule has 2 N–H and O–H groups in total. The lowest BCUT2D eigenvalue weighted by atomic mass is 10.0. The van der Waals surface area contributed by atoms with Crippen molar-refractivity contribution < 1.29 is 14.7 Å². The Hall–Kier alpha value is -3.44. The number of nitrogens with zero attached hydrogens (tertiary/aromatic N) is 1. The van der Waals surface area contributed by atoms with Crippen LogP contribution < -0.4 is 10.2 Å². The molecule has 1 aliphatic heterocycles. The van der Waals surface area contributed by atoms with E-state index >= 15 is 0 Å². The second-order valence-electron chi connectivity index (χ2n) is 7.52.